The van der Waals surface area contributed by atoms with E-state index in [1.54, 1.807) is 12.1 Å². The number of anilines is 2. The third-order valence-corrected chi connectivity index (χ3v) is 2.67. The van der Waals surface area contributed by atoms with Gasteiger partial charge in [-0.15, -0.1) is 0 Å². The lowest BCUT2D eigenvalue weighted by Gasteiger charge is -2.10. The van der Waals surface area contributed by atoms with Gasteiger partial charge in [0.1, 0.15) is 11.8 Å². The summed E-state index contributed by atoms with van der Waals surface area (Å²) in [6.07, 6.45) is -3.42. The summed E-state index contributed by atoms with van der Waals surface area (Å²) in [6, 6.07) is 8.65. The number of rotatable bonds is 2. The summed E-state index contributed by atoms with van der Waals surface area (Å²) in [5.41, 5.74) is 0.104. The van der Waals surface area contributed by atoms with Gasteiger partial charge in [-0.3, -0.25) is 0 Å². The Labute approximate surface area is 117 Å². The molecule has 2 aromatic rings. The van der Waals surface area contributed by atoms with Crippen molar-refractivity contribution >= 4 is 23.0 Å². The van der Waals surface area contributed by atoms with Crippen molar-refractivity contribution in [3.05, 3.63) is 52.8 Å². The minimum Gasteiger partial charge on any atom is -0.353 e. The summed E-state index contributed by atoms with van der Waals surface area (Å²) in [5.74, 6) is 0. The Morgan fingerprint density at radius 2 is 1.95 bits per heavy atom. The van der Waals surface area contributed by atoms with Crippen LogP contribution in [0.5, 0.6) is 0 Å². The molecule has 20 heavy (non-hydrogen) atoms. The Morgan fingerprint density at radius 3 is 2.50 bits per heavy atom. The molecular formula is C13H7ClF3N3. The highest BCUT2D eigenvalue weighted by atomic mass is 35.5. The van der Waals surface area contributed by atoms with Crippen LogP contribution in [0.15, 0.2) is 36.5 Å². The number of nitrogens with zero attached hydrogens (tertiary/aromatic N) is 2. The zero-order valence-electron chi connectivity index (χ0n) is 9.87. The number of hydrogen-bond acceptors (Lipinski definition) is 3. The van der Waals surface area contributed by atoms with Gasteiger partial charge in [0.2, 0.25) is 0 Å². The molecule has 0 aliphatic carbocycles. The van der Waals surface area contributed by atoms with Crippen molar-refractivity contribution in [3.8, 4) is 6.07 Å². The van der Waals surface area contributed by atoms with Crippen molar-refractivity contribution in [2.24, 2.45) is 0 Å². The van der Waals surface area contributed by atoms with Crippen LogP contribution >= 0.6 is 11.6 Å². The molecular weight excluding hydrogens is 291 g/mol. The lowest BCUT2D eigenvalue weighted by atomic mass is 10.2. The van der Waals surface area contributed by atoms with Gasteiger partial charge >= 0.3 is 6.18 Å². The fourth-order valence-corrected chi connectivity index (χ4v) is 1.68. The van der Waals surface area contributed by atoms with Crippen molar-refractivity contribution in [2.75, 3.05) is 5.32 Å². The van der Waals surface area contributed by atoms with Crippen LogP contribution in [-0.2, 0) is 6.18 Å². The molecule has 0 unspecified atom stereocenters. The van der Waals surface area contributed by atoms with Gasteiger partial charge in [0.25, 0.3) is 0 Å². The van der Waals surface area contributed by atoms with Crippen LogP contribution in [0, 0.1) is 11.3 Å². The van der Waals surface area contributed by atoms with Crippen LogP contribution < -0.4 is 5.32 Å². The summed E-state index contributed by atoms with van der Waals surface area (Å²) in [7, 11) is 0. The quantitative estimate of drug-likeness (QED) is 0.895. The molecule has 1 N–H and O–H groups in total. The predicted octanol–water partition coefficient (Wildman–Crippen LogP) is 4.37. The van der Waals surface area contributed by atoms with Gasteiger partial charge < -0.3 is 5.32 Å². The maximum absolute atomic E-state index is 12.4. The molecule has 0 radical (unpaired) electrons. The van der Waals surface area contributed by atoms with Crippen LogP contribution in [0.4, 0.5) is 24.5 Å². The molecule has 2 rings (SSSR count). The van der Waals surface area contributed by atoms with E-state index in [-0.39, 0.29) is 5.56 Å². The molecule has 0 spiro atoms. The number of nitriles is 1. The fourth-order valence-electron chi connectivity index (χ4n) is 1.51. The van der Waals surface area contributed by atoms with Gasteiger partial charge in [0.05, 0.1) is 23.1 Å². The van der Waals surface area contributed by atoms with E-state index in [2.05, 4.69) is 10.3 Å². The van der Waals surface area contributed by atoms with Crippen molar-refractivity contribution in [2.45, 2.75) is 6.18 Å². The zero-order valence-corrected chi connectivity index (χ0v) is 10.6. The highest BCUT2D eigenvalue weighted by molar-refractivity contribution is 6.30. The summed E-state index contributed by atoms with van der Waals surface area (Å²) in [6.45, 7) is 0. The minimum atomic E-state index is -4.48. The van der Waals surface area contributed by atoms with Crippen LogP contribution in [0.2, 0.25) is 5.02 Å². The first-order chi connectivity index (χ1) is 9.40. The normalized spacial score (nSPS) is 10.9. The predicted molar refractivity (Wildman–Crippen MR) is 68.7 cm³/mol. The number of halogens is 4. The Bertz CT molecular complexity index is 660. The average Bonchev–Trinajstić information content (AvgIpc) is 2.40. The average molecular weight is 298 g/mol. The molecule has 1 aromatic heterocycles. The van der Waals surface area contributed by atoms with E-state index >= 15 is 0 Å². The van der Waals surface area contributed by atoms with E-state index in [1.165, 1.54) is 12.1 Å². The molecule has 0 saturated carbocycles. The summed E-state index contributed by atoms with van der Waals surface area (Å²) >= 11 is 5.75. The molecule has 0 fully saturated rings. The third-order valence-electron chi connectivity index (χ3n) is 2.43. The molecule has 3 nitrogen and oxygen atoms in total. The van der Waals surface area contributed by atoms with Crippen molar-refractivity contribution < 1.29 is 13.2 Å². The zero-order chi connectivity index (χ0) is 14.8. The molecule has 0 amide bonds. The van der Waals surface area contributed by atoms with Gasteiger partial charge in [-0.1, -0.05) is 11.6 Å². The number of alkyl halides is 3. The molecule has 7 heteroatoms. The topological polar surface area (TPSA) is 48.7 Å². The highest BCUT2D eigenvalue weighted by Crippen LogP contribution is 2.29. The Kier molecular flexibility index (Phi) is 3.81. The van der Waals surface area contributed by atoms with Gasteiger partial charge in [0, 0.05) is 5.02 Å². The van der Waals surface area contributed by atoms with E-state index in [0.717, 1.165) is 12.3 Å². The van der Waals surface area contributed by atoms with Gasteiger partial charge in [-0.2, -0.15) is 18.4 Å². The molecule has 1 heterocycles. The van der Waals surface area contributed by atoms with Crippen LogP contribution in [-0.4, -0.2) is 4.98 Å². The Balaban J connectivity index is 2.25. The number of benzene rings is 1. The van der Waals surface area contributed by atoms with E-state index in [4.69, 9.17) is 16.9 Å². The number of nitrogens with one attached hydrogen (secondary N) is 1. The van der Waals surface area contributed by atoms with Crippen LogP contribution in [0.1, 0.15) is 11.3 Å². The lowest BCUT2D eigenvalue weighted by Crippen LogP contribution is -2.07. The second kappa shape index (κ2) is 5.39. The highest BCUT2D eigenvalue weighted by Gasteiger charge is 2.32. The SMILES string of the molecule is N#Cc1cc(Cl)ccc1Nc1ccc(C(F)(F)F)nc1. The molecule has 0 aliphatic heterocycles. The summed E-state index contributed by atoms with van der Waals surface area (Å²) in [5, 5.41) is 12.2. The Morgan fingerprint density at radius 1 is 1.20 bits per heavy atom. The largest absolute Gasteiger partial charge is 0.433 e. The summed E-state index contributed by atoms with van der Waals surface area (Å²) < 4.78 is 37.1. The van der Waals surface area contributed by atoms with E-state index in [9.17, 15) is 13.2 Å². The first-order valence-electron chi connectivity index (χ1n) is 5.40. The number of aromatic nitrogens is 1. The van der Waals surface area contributed by atoms with Gasteiger partial charge in [-0.05, 0) is 30.3 Å². The molecule has 1 aromatic carbocycles. The number of hydrogen-bond donors (Lipinski definition) is 1. The van der Waals surface area contributed by atoms with Gasteiger partial charge in [0.15, 0.2) is 0 Å². The first-order valence-corrected chi connectivity index (χ1v) is 5.78. The maximum atomic E-state index is 12.4. The Hall–Kier alpha value is -2.26. The van der Waals surface area contributed by atoms with Crippen molar-refractivity contribution in [1.29, 1.82) is 5.26 Å². The maximum Gasteiger partial charge on any atom is 0.433 e. The molecule has 0 atom stereocenters. The van der Waals surface area contributed by atoms with Crippen molar-refractivity contribution in [1.82, 2.24) is 4.98 Å². The third kappa shape index (κ3) is 3.19. The van der Waals surface area contributed by atoms with Gasteiger partial charge in [-0.25, -0.2) is 4.98 Å². The van der Waals surface area contributed by atoms with Crippen LogP contribution in [0.3, 0.4) is 0 Å². The summed E-state index contributed by atoms with van der Waals surface area (Å²) in [4.78, 5) is 3.32. The molecule has 102 valence electrons. The fraction of sp³-hybridized carbons (Fsp3) is 0.0769. The number of pyridine rings is 1. The van der Waals surface area contributed by atoms with Crippen LogP contribution in [0.25, 0.3) is 0 Å². The molecule has 0 aliphatic rings. The molecule has 0 saturated heterocycles. The lowest BCUT2D eigenvalue weighted by molar-refractivity contribution is -0.141. The standard InChI is InChI=1S/C13H7ClF3N3/c14-9-1-3-11(8(5-9)6-18)20-10-2-4-12(19-7-10)13(15,16)17/h1-5,7,20H. The second-order valence-electron chi connectivity index (χ2n) is 3.86. The van der Waals surface area contributed by atoms with E-state index < -0.39 is 11.9 Å². The smallest absolute Gasteiger partial charge is 0.353 e. The first kappa shape index (κ1) is 14.2. The van der Waals surface area contributed by atoms with Crippen molar-refractivity contribution in [3.63, 3.8) is 0 Å². The second-order valence-corrected chi connectivity index (χ2v) is 4.29. The molecule has 0 bridgehead atoms. The monoisotopic (exact) mass is 297 g/mol. The minimum absolute atomic E-state index is 0.289. The van der Waals surface area contributed by atoms with E-state index in [1.807, 2.05) is 6.07 Å². The van der Waals surface area contributed by atoms with E-state index in [0.29, 0.717) is 16.4 Å².